The van der Waals surface area contributed by atoms with Gasteiger partial charge in [-0.05, 0) is 62.9 Å². The van der Waals surface area contributed by atoms with E-state index in [1.54, 1.807) is 6.92 Å². The van der Waals surface area contributed by atoms with Crippen molar-refractivity contribution in [1.82, 2.24) is 4.90 Å². The minimum absolute atomic E-state index is 0. The van der Waals surface area contributed by atoms with Gasteiger partial charge in [0.25, 0.3) is 0 Å². The summed E-state index contributed by atoms with van der Waals surface area (Å²) in [6, 6.07) is 7.40. The summed E-state index contributed by atoms with van der Waals surface area (Å²) in [4.78, 5) is 13.7. The molecule has 0 saturated carbocycles. The predicted octanol–water partition coefficient (Wildman–Crippen LogP) is 3.81. The Balaban J connectivity index is 0.00000220. The van der Waals surface area contributed by atoms with Gasteiger partial charge in [-0.15, -0.1) is 12.4 Å². The zero-order valence-electron chi connectivity index (χ0n) is 13.0. The summed E-state index contributed by atoms with van der Waals surface area (Å²) in [7, 11) is 0. The number of carbonyl (C=O) groups is 1. The molecule has 118 valence electrons. The molecule has 1 aromatic rings. The van der Waals surface area contributed by atoms with Gasteiger partial charge in [0.2, 0.25) is 0 Å². The maximum absolute atomic E-state index is 11.2. The van der Waals surface area contributed by atoms with E-state index in [-0.39, 0.29) is 18.2 Å². The maximum Gasteiger partial charge on any atom is 0.159 e. The van der Waals surface area contributed by atoms with Crippen molar-refractivity contribution in [2.75, 3.05) is 26.2 Å². The molecule has 0 aromatic heterocycles. The lowest BCUT2D eigenvalue weighted by molar-refractivity contribution is 0.101. The van der Waals surface area contributed by atoms with Crippen molar-refractivity contribution in [3.8, 4) is 5.75 Å². The van der Waals surface area contributed by atoms with E-state index >= 15 is 0 Å². The Bertz CT molecular complexity index is 433. The van der Waals surface area contributed by atoms with Crippen molar-refractivity contribution < 1.29 is 9.53 Å². The first-order valence-corrected chi connectivity index (χ1v) is 7.61. The Hall–Kier alpha value is -1.06. The summed E-state index contributed by atoms with van der Waals surface area (Å²) in [6.45, 7) is 8.24. The van der Waals surface area contributed by atoms with Gasteiger partial charge in [-0.2, -0.15) is 0 Å². The summed E-state index contributed by atoms with van der Waals surface area (Å²) in [6.07, 6.45) is 3.76. The number of rotatable bonds is 6. The second kappa shape index (κ2) is 9.06. The van der Waals surface area contributed by atoms with Crippen LogP contribution in [0.2, 0.25) is 0 Å². The third-order valence-corrected chi connectivity index (χ3v) is 3.89. The van der Waals surface area contributed by atoms with Gasteiger partial charge < -0.3 is 9.64 Å². The van der Waals surface area contributed by atoms with Crippen molar-refractivity contribution in [3.63, 3.8) is 0 Å². The van der Waals surface area contributed by atoms with Crippen LogP contribution in [-0.4, -0.2) is 36.9 Å². The number of hydrogen-bond acceptors (Lipinski definition) is 3. The fourth-order valence-electron chi connectivity index (χ4n) is 2.75. The van der Waals surface area contributed by atoms with Crippen molar-refractivity contribution in [3.05, 3.63) is 29.8 Å². The van der Waals surface area contributed by atoms with Crippen molar-refractivity contribution in [2.45, 2.75) is 33.1 Å². The standard InChI is InChI=1S/C17H25NO2.ClH/c1-14-5-3-10-18(13-14)11-4-12-20-17-8-6-16(7-9-17)15(2)19;/h6-9,14H,3-5,10-13H2,1-2H3;1H. The summed E-state index contributed by atoms with van der Waals surface area (Å²) < 4.78 is 5.72. The van der Waals surface area contributed by atoms with Gasteiger partial charge in [-0.25, -0.2) is 0 Å². The lowest BCUT2D eigenvalue weighted by Crippen LogP contribution is -2.35. The van der Waals surface area contributed by atoms with Crippen LogP contribution in [0.3, 0.4) is 0 Å². The molecule has 21 heavy (non-hydrogen) atoms. The molecule has 1 heterocycles. The summed E-state index contributed by atoms with van der Waals surface area (Å²) in [5, 5.41) is 0. The third kappa shape index (κ3) is 6.06. The molecule has 0 bridgehead atoms. The minimum Gasteiger partial charge on any atom is -0.494 e. The van der Waals surface area contributed by atoms with Gasteiger partial charge in [0, 0.05) is 18.7 Å². The Kier molecular flexibility index (Phi) is 7.76. The highest BCUT2D eigenvalue weighted by molar-refractivity contribution is 5.94. The normalized spacial score (nSPS) is 18.9. The number of benzene rings is 1. The second-order valence-corrected chi connectivity index (χ2v) is 5.83. The summed E-state index contributed by atoms with van der Waals surface area (Å²) in [5.74, 6) is 1.78. The molecular weight excluding hydrogens is 286 g/mol. The molecule has 1 aliphatic heterocycles. The van der Waals surface area contributed by atoms with Crippen LogP contribution in [0, 0.1) is 5.92 Å². The van der Waals surface area contributed by atoms with E-state index in [1.165, 1.54) is 25.9 Å². The van der Waals surface area contributed by atoms with Gasteiger partial charge >= 0.3 is 0 Å². The SMILES string of the molecule is CC(=O)c1ccc(OCCCN2CCCC(C)C2)cc1.Cl. The molecule has 1 aromatic carbocycles. The van der Waals surface area contributed by atoms with Crippen LogP contribution in [-0.2, 0) is 0 Å². The van der Waals surface area contributed by atoms with Gasteiger partial charge in [-0.3, -0.25) is 4.79 Å². The molecule has 4 heteroatoms. The quantitative estimate of drug-likeness (QED) is 0.591. The van der Waals surface area contributed by atoms with E-state index in [2.05, 4.69) is 11.8 Å². The smallest absolute Gasteiger partial charge is 0.159 e. The lowest BCUT2D eigenvalue weighted by atomic mass is 10.0. The van der Waals surface area contributed by atoms with E-state index < -0.39 is 0 Å². The van der Waals surface area contributed by atoms with Crippen molar-refractivity contribution >= 4 is 18.2 Å². The number of ether oxygens (including phenoxy) is 1. The van der Waals surface area contributed by atoms with Crippen LogP contribution >= 0.6 is 12.4 Å². The fourth-order valence-corrected chi connectivity index (χ4v) is 2.75. The van der Waals surface area contributed by atoms with Gasteiger partial charge in [-0.1, -0.05) is 6.92 Å². The van der Waals surface area contributed by atoms with Gasteiger partial charge in [0.05, 0.1) is 6.61 Å². The van der Waals surface area contributed by atoms with E-state index in [0.29, 0.717) is 0 Å². The number of Topliss-reactive ketones (excluding diaryl/α,β-unsaturated/α-hetero) is 1. The number of carbonyl (C=O) groups excluding carboxylic acids is 1. The highest BCUT2D eigenvalue weighted by atomic mass is 35.5. The van der Waals surface area contributed by atoms with Crippen LogP contribution in [0.15, 0.2) is 24.3 Å². The number of hydrogen-bond donors (Lipinski definition) is 0. The molecule has 1 aliphatic rings. The number of likely N-dealkylation sites (tertiary alicyclic amines) is 1. The van der Waals surface area contributed by atoms with Crippen molar-refractivity contribution in [1.29, 1.82) is 0 Å². The average molecular weight is 312 g/mol. The average Bonchev–Trinajstić information content (AvgIpc) is 2.44. The topological polar surface area (TPSA) is 29.5 Å². The third-order valence-electron chi connectivity index (χ3n) is 3.89. The highest BCUT2D eigenvalue weighted by Gasteiger charge is 2.15. The molecule has 0 aliphatic carbocycles. The Labute approximate surface area is 134 Å². The molecule has 1 unspecified atom stereocenters. The van der Waals surface area contributed by atoms with Gasteiger partial charge in [0.1, 0.15) is 5.75 Å². The molecule has 0 spiro atoms. The van der Waals surface area contributed by atoms with Crippen LogP contribution in [0.4, 0.5) is 0 Å². The Morgan fingerprint density at radius 1 is 1.33 bits per heavy atom. The van der Waals surface area contributed by atoms with E-state index in [4.69, 9.17) is 4.74 Å². The van der Waals surface area contributed by atoms with E-state index in [1.807, 2.05) is 24.3 Å². The zero-order valence-corrected chi connectivity index (χ0v) is 13.8. The number of ketones is 1. The molecule has 1 fully saturated rings. The Morgan fingerprint density at radius 3 is 2.67 bits per heavy atom. The van der Waals surface area contributed by atoms with Crippen LogP contribution in [0.5, 0.6) is 5.75 Å². The summed E-state index contributed by atoms with van der Waals surface area (Å²) in [5.41, 5.74) is 0.736. The number of halogens is 1. The van der Waals surface area contributed by atoms with E-state index in [0.717, 1.165) is 36.8 Å². The highest BCUT2D eigenvalue weighted by Crippen LogP contribution is 2.16. The van der Waals surface area contributed by atoms with Gasteiger partial charge in [0.15, 0.2) is 5.78 Å². The molecular formula is C17H26ClNO2. The monoisotopic (exact) mass is 311 g/mol. The van der Waals surface area contributed by atoms with Crippen molar-refractivity contribution in [2.24, 2.45) is 5.92 Å². The lowest BCUT2D eigenvalue weighted by Gasteiger charge is -2.30. The zero-order chi connectivity index (χ0) is 14.4. The van der Waals surface area contributed by atoms with Crippen LogP contribution < -0.4 is 4.74 Å². The summed E-state index contributed by atoms with van der Waals surface area (Å²) >= 11 is 0. The largest absolute Gasteiger partial charge is 0.494 e. The Morgan fingerprint density at radius 2 is 2.05 bits per heavy atom. The number of nitrogens with zero attached hydrogens (tertiary/aromatic N) is 1. The van der Waals surface area contributed by atoms with Crippen LogP contribution in [0.25, 0.3) is 0 Å². The molecule has 3 nitrogen and oxygen atoms in total. The van der Waals surface area contributed by atoms with Crippen LogP contribution in [0.1, 0.15) is 43.5 Å². The molecule has 0 amide bonds. The molecule has 2 rings (SSSR count). The molecule has 0 N–H and O–H groups in total. The molecule has 1 saturated heterocycles. The molecule has 0 radical (unpaired) electrons. The first kappa shape index (κ1) is 18.0. The van der Waals surface area contributed by atoms with E-state index in [9.17, 15) is 4.79 Å². The first-order valence-electron chi connectivity index (χ1n) is 7.61. The fraction of sp³-hybridized carbons (Fsp3) is 0.588. The first-order chi connectivity index (χ1) is 9.65. The molecule has 1 atom stereocenters. The number of piperidine rings is 1. The maximum atomic E-state index is 11.2. The predicted molar refractivity (Wildman–Crippen MR) is 88.6 cm³/mol. The second-order valence-electron chi connectivity index (χ2n) is 5.83. The minimum atomic E-state index is 0.